The minimum absolute atomic E-state index is 0.0411. The number of esters is 1. The largest absolute Gasteiger partial charge is 0.462 e. The van der Waals surface area contributed by atoms with E-state index in [0.717, 1.165) is 38.0 Å². The summed E-state index contributed by atoms with van der Waals surface area (Å²) in [5.41, 5.74) is 1.82. The van der Waals surface area contributed by atoms with Gasteiger partial charge in [0.25, 0.3) is 0 Å². The van der Waals surface area contributed by atoms with Gasteiger partial charge in [-0.1, -0.05) is 26.3 Å². The first-order valence-corrected chi connectivity index (χ1v) is 10.3. The highest BCUT2D eigenvalue weighted by molar-refractivity contribution is 5.91. The molecule has 138 valence electrons. The molecular formula is C22H32O3. The fourth-order valence-corrected chi connectivity index (χ4v) is 6.95. The molecule has 0 saturated heterocycles. The number of rotatable bonds is 2. The van der Waals surface area contributed by atoms with Crippen molar-refractivity contribution in [2.45, 2.75) is 84.7 Å². The third kappa shape index (κ3) is 2.52. The Morgan fingerprint density at radius 1 is 1.12 bits per heavy atom. The van der Waals surface area contributed by atoms with Gasteiger partial charge in [0.1, 0.15) is 6.10 Å². The molecule has 4 aliphatic carbocycles. The van der Waals surface area contributed by atoms with Crippen LogP contribution in [-0.2, 0) is 14.3 Å². The highest BCUT2D eigenvalue weighted by atomic mass is 16.5. The van der Waals surface area contributed by atoms with E-state index in [2.05, 4.69) is 13.8 Å². The minimum Gasteiger partial charge on any atom is -0.462 e. The highest BCUT2D eigenvalue weighted by Gasteiger charge is 2.59. The second-order valence-corrected chi connectivity index (χ2v) is 9.42. The van der Waals surface area contributed by atoms with E-state index in [1.807, 2.05) is 13.0 Å². The van der Waals surface area contributed by atoms with Gasteiger partial charge in [-0.15, -0.1) is 0 Å². The Labute approximate surface area is 151 Å². The molecule has 25 heavy (non-hydrogen) atoms. The lowest BCUT2D eigenvalue weighted by atomic mass is 9.47. The Kier molecular flexibility index (Phi) is 4.12. The smallest absolute Gasteiger partial charge is 0.305 e. The summed E-state index contributed by atoms with van der Waals surface area (Å²) >= 11 is 0. The summed E-state index contributed by atoms with van der Waals surface area (Å²) in [5.74, 6) is 2.41. The SMILES string of the molecule is CCC(=O)O[C@H]1CC[C@H]2[C@@H]3CCC4=CC(=O)CC[C@@]4(C)[C@H]3CC[C@@]12C. The van der Waals surface area contributed by atoms with Gasteiger partial charge in [-0.05, 0) is 74.2 Å². The van der Waals surface area contributed by atoms with Gasteiger partial charge < -0.3 is 4.74 Å². The zero-order chi connectivity index (χ0) is 17.8. The predicted octanol–water partition coefficient (Wildman–Crippen LogP) is 4.84. The van der Waals surface area contributed by atoms with Crippen LogP contribution in [0.5, 0.6) is 0 Å². The van der Waals surface area contributed by atoms with Crippen LogP contribution in [0.15, 0.2) is 11.6 Å². The van der Waals surface area contributed by atoms with Gasteiger partial charge in [0.05, 0.1) is 0 Å². The van der Waals surface area contributed by atoms with E-state index in [4.69, 9.17) is 4.74 Å². The summed E-state index contributed by atoms with van der Waals surface area (Å²) in [4.78, 5) is 23.8. The van der Waals surface area contributed by atoms with Gasteiger partial charge in [0.2, 0.25) is 0 Å². The number of hydrogen-bond acceptors (Lipinski definition) is 3. The van der Waals surface area contributed by atoms with Crippen LogP contribution in [-0.4, -0.2) is 17.9 Å². The standard InChI is InChI=1S/C22H32O3/c1-4-20(24)25-19-8-7-17-16-6-5-14-13-15(23)9-11-21(14,2)18(16)10-12-22(17,19)3/h13,16-19H,4-12H2,1-3H3/t16-,17-,18-,19-,21+,22+/m0/s1. The monoisotopic (exact) mass is 344 g/mol. The minimum atomic E-state index is -0.0411. The molecule has 0 unspecified atom stereocenters. The van der Waals surface area contributed by atoms with Crippen molar-refractivity contribution in [3.05, 3.63) is 11.6 Å². The number of allylic oxidation sites excluding steroid dienone is 1. The van der Waals surface area contributed by atoms with Gasteiger partial charge in [-0.3, -0.25) is 9.59 Å². The molecule has 3 heteroatoms. The molecule has 3 fully saturated rings. The Morgan fingerprint density at radius 2 is 1.92 bits per heavy atom. The maximum Gasteiger partial charge on any atom is 0.305 e. The summed E-state index contributed by atoms with van der Waals surface area (Å²) in [6.07, 6.45) is 11.3. The van der Waals surface area contributed by atoms with Crippen molar-refractivity contribution in [3.63, 3.8) is 0 Å². The third-order valence-electron chi connectivity index (χ3n) is 8.44. The molecule has 0 aromatic rings. The molecule has 3 saturated carbocycles. The van der Waals surface area contributed by atoms with Crippen molar-refractivity contribution >= 4 is 11.8 Å². The van der Waals surface area contributed by atoms with Crippen LogP contribution in [0, 0.1) is 28.6 Å². The van der Waals surface area contributed by atoms with E-state index in [0.29, 0.717) is 24.0 Å². The molecule has 0 amide bonds. The maximum atomic E-state index is 11.9. The molecule has 4 rings (SSSR count). The van der Waals surface area contributed by atoms with Crippen LogP contribution < -0.4 is 0 Å². The molecule has 0 aromatic heterocycles. The number of carbonyl (C=O) groups excluding carboxylic acids is 2. The number of carbonyl (C=O) groups is 2. The number of ketones is 1. The van der Waals surface area contributed by atoms with E-state index in [1.165, 1.54) is 24.8 Å². The van der Waals surface area contributed by atoms with Crippen LogP contribution in [0.1, 0.15) is 78.6 Å². The first-order valence-electron chi connectivity index (χ1n) is 10.3. The average molecular weight is 344 g/mol. The van der Waals surface area contributed by atoms with Crippen LogP contribution in [0.25, 0.3) is 0 Å². The second-order valence-electron chi connectivity index (χ2n) is 9.42. The normalized spacial score (nSPS) is 45.9. The third-order valence-corrected chi connectivity index (χ3v) is 8.44. The summed E-state index contributed by atoms with van der Waals surface area (Å²) in [6, 6.07) is 0. The van der Waals surface area contributed by atoms with Crippen molar-refractivity contribution in [2.24, 2.45) is 28.6 Å². The topological polar surface area (TPSA) is 43.4 Å². The first-order chi connectivity index (χ1) is 11.9. The molecule has 0 spiro atoms. The zero-order valence-electron chi connectivity index (χ0n) is 16.0. The van der Waals surface area contributed by atoms with E-state index >= 15 is 0 Å². The maximum absolute atomic E-state index is 11.9. The van der Waals surface area contributed by atoms with Crippen molar-refractivity contribution in [1.29, 1.82) is 0 Å². The van der Waals surface area contributed by atoms with Crippen molar-refractivity contribution < 1.29 is 14.3 Å². The van der Waals surface area contributed by atoms with Gasteiger partial charge in [-0.2, -0.15) is 0 Å². The fraction of sp³-hybridized carbons (Fsp3) is 0.818. The molecule has 0 N–H and O–H groups in total. The zero-order valence-corrected chi connectivity index (χ0v) is 16.0. The molecule has 6 atom stereocenters. The lowest BCUT2D eigenvalue weighted by Gasteiger charge is -2.57. The van der Waals surface area contributed by atoms with Crippen molar-refractivity contribution in [3.8, 4) is 0 Å². The van der Waals surface area contributed by atoms with Crippen LogP contribution in [0.2, 0.25) is 0 Å². The predicted molar refractivity (Wildman–Crippen MR) is 96.9 cm³/mol. The van der Waals surface area contributed by atoms with E-state index in [9.17, 15) is 9.59 Å². The van der Waals surface area contributed by atoms with Gasteiger partial charge in [-0.25, -0.2) is 0 Å². The average Bonchev–Trinajstić information content (AvgIpc) is 2.92. The van der Waals surface area contributed by atoms with Crippen molar-refractivity contribution in [2.75, 3.05) is 0 Å². The summed E-state index contributed by atoms with van der Waals surface area (Å²) in [5, 5.41) is 0. The Bertz CT molecular complexity index is 621. The van der Waals surface area contributed by atoms with Crippen LogP contribution >= 0.6 is 0 Å². The molecule has 0 heterocycles. The van der Waals surface area contributed by atoms with Gasteiger partial charge >= 0.3 is 5.97 Å². The van der Waals surface area contributed by atoms with E-state index < -0.39 is 0 Å². The molecule has 0 radical (unpaired) electrons. The molecule has 4 aliphatic rings. The quantitative estimate of drug-likeness (QED) is 0.673. The number of ether oxygens (including phenoxy) is 1. The number of hydrogen-bond donors (Lipinski definition) is 0. The highest BCUT2D eigenvalue weighted by Crippen LogP contribution is 2.65. The van der Waals surface area contributed by atoms with E-state index in [1.54, 1.807) is 0 Å². The molecule has 0 bridgehead atoms. The molecule has 0 aromatic carbocycles. The fourth-order valence-electron chi connectivity index (χ4n) is 6.95. The Balaban J connectivity index is 1.59. The Hall–Kier alpha value is -1.12. The van der Waals surface area contributed by atoms with Gasteiger partial charge in [0, 0.05) is 18.3 Å². The van der Waals surface area contributed by atoms with Gasteiger partial charge in [0.15, 0.2) is 5.78 Å². The lowest BCUT2D eigenvalue weighted by Crippen LogP contribution is -2.51. The van der Waals surface area contributed by atoms with Crippen LogP contribution in [0.4, 0.5) is 0 Å². The molecular weight excluding hydrogens is 312 g/mol. The summed E-state index contributed by atoms with van der Waals surface area (Å²) in [6.45, 7) is 6.69. The second kappa shape index (κ2) is 5.96. The Morgan fingerprint density at radius 3 is 2.68 bits per heavy atom. The van der Waals surface area contributed by atoms with E-state index in [-0.39, 0.29) is 22.9 Å². The van der Waals surface area contributed by atoms with Crippen molar-refractivity contribution in [1.82, 2.24) is 0 Å². The van der Waals surface area contributed by atoms with Crippen LogP contribution in [0.3, 0.4) is 0 Å². The molecule has 0 aliphatic heterocycles. The number of fused-ring (bicyclic) bond motifs is 5. The summed E-state index contributed by atoms with van der Waals surface area (Å²) in [7, 11) is 0. The first kappa shape index (κ1) is 17.3. The molecule has 3 nitrogen and oxygen atoms in total. The summed E-state index contributed by atoms with van der Waals surface area (Å²) < 4.78 is 5.86. The lowest BCUT2D eigenvalue weighted by molar-refractivity contribution is -0.159.